The van der Waals surface area contributed by atoms with Crippen molar-refractivity contribution in [1.29, 1.82) is 0 Å². The minimum Gasteiger partial charge on any atom is -0.506 e. The van der Waals surface area contributed by atoms with Crippen LogP contribution in [0.3, 0.4) is 0 Å². The van der Waals surface area contributed by atoms with Gasteiger partial charge < -0.3 is 35.4 Å². The summed E-state index contributed by atoms with van der Waals surface area (Å²) in [6.07, 6.45) is 2.76. The summed E-state index contributed by atoms with van der Waals surface area (Å²) in [6.45, 7) is 5.40. The lowest BCUT2D eigenvalue weighted by Gasteiger charge is -2.40. The Morgan fingerprint density at radius 2 is 1.77 bits per heavy atom. The van der Waals surface area contributed by atoms with Gasteiger partial charge in [0.1, 0.15) is 11.8 Å². The number of phenolic OH excluding ortho intramolecular Hbond substituents is 1. The minimum atomic E-state index is -0.810. The fourth-order valence-electron chi connectivity index (χ4n) is 6.67. The number of benzene rings is 3. The highest BCUT2D eigenvalue weighted by Crippen LogP contribution is 2.35. The van der Waals surface area contributed by atoms with Crippen LogP contribution in [0.25, 0.3) is 10.9 Å². The van der Waals surface area contributed by atoms with Crippen LogP contribution in [0.2, 0.25) is 5.02 Å². The lowest BCUT2D eigenvalue weighted by Crippen LogP contribution is -2.58. The van der Waals surface area contributed by atoms with Gasteiger partial charge in [0.25, 0.3) is 0 Å². The van der Waals surface area contributed by atoms with E-state index in [2.05, 4.69) is 20.5 Å². The van der Waals surface area contributed by atoms with Crippen LogP contribution in [0.1, 0.15) is 24.0 Å². The normalized spacial score (nSPS) is 18.2. The highest BCUT2D eigenvalue weighted by atomic mass is 35.5. The van der Waals surface area contributed by atoms with Crippen molar-refractivity contribution < 1.29 is 14.7 Å². The molecule has 0 spiro atoms. The fourth-order valence-corrected chi connectivity index (χ4v) is 6.87. The van der Waals surface area contributed by atoms with E-state index in [4.69, 9.17) is 11.6 Å². The number of fused-ring (bicyclic) bond motifs is 2. The van der Waals surface area contributed by atoms with Gasteiger partial charge in [0.05, 0.1) is 5.69 Å². The van der Waals surface area contributed by atoms with Crippen molar-refractivity contribution in [3.8, 4) is 5.75 Å². The number of para-hydroxylation sites is 3. The number of aromatic hydroxyl groups is 1. The number of nitrogens with one attached hydrogen (secondary N) is 3. The Labute approximate surface area is 262 Å². The van der Waals surface area contributed by atoms with Crippen molar-refractivity contribution in [3.05, 3.63) is 89.1 Å². The molecule has 9 nitrogen and oxygen atoms in total. The molecule has 230 valence electrons. The molecule has 2 unspecified atom stereocenters. The second kappa shape index (κ2) is 12.8. The zero-order chi connectivity index (χ0) is 30.8. The van der Waals surface area contributed by atoms with Gasteiger partial charge in [0, 0.05) is 66.5 Å². The third-order valence-corrected chi connectivity index (χ3v) is 9.22. The topological polar surface area (TPSA) is 104 Å². The maximum absolute atomic E-state index is 14.7. The molecule has 44 heavy (non-hydrogen) atoms. The molecule has 3 amide bonds. The van der Waals surface area contributed by atoms with E-state index in [1.54, 1.807) is 17.0 Å². The molecule has 2 aliphatic rings. The van der Waals surface area contributed by atoms with Gasteiger partial charge in [-0.2, -0.15) is 0 Å². The molecule has 10 heteroatoms. The van der Waals surface area contributed by atoms with Crippen molar-refractivity contribution in [1.82, 2.24) is 20.5 Å². The number of hydrogen-bond acceptors (Lipinski definition) is 5. The highest BCUT2D eigenvalue weighted by Gasteiger charge is 2.38. The van der Waals surface area contributed by atoms with Gasteiger partial charge in [0.2, 0.25) is 5.91 Å². The predicted octanol–water partition coefficient (Wildman–Crippen LogP) is 4.96. The van der Waals surface area contributed by atoms with Crippen LogP contribution in [-0.2, 0) is 11.2 Å². The highest BCUT2D eigenvalue weighted by molar-refractivity contribution is 6.30. The van der Waals surface area contributed by atoms with Gasteiger partial charge in [-0.1, -0.05) is 48.9 Å². The molecule has 0 aliphatic carbocycles. The summed E-state index contributed by atoms with van der Waals surface area (Å²) in [6, 6.07) is 19.9. The van der Waals surface area contributed by atoms with Gasteiger partial charge in [-0.3, -0.25) is 4.79 Å². The molecule has 6 rings (SSSR count). The summed E-state index contributed by atoms with van der Waals surface area (Å²) in [5.41, 5.74) is 4.59. The first kappa shape index (κ1) is 29.8. The largest absolute Gasteiger partial charge is 0.506 e. The second-order valence-corrected chi connectivity index (χ2v) is 12.3. The van der Waals surface area contributed by atoms with E-state index in [1.165, 1.54) is 0 Å². The molecule has 0 saturated carbocycles. The number of nitrogens with zero attached hydrogens (tertiary/aromatic N) is 3. The van der Waals surface area contributed by atoms with Gasteiger partial charge >= 0.3 is 6.03 Å². The summed E-state index contributed by atoms with van der Waals surface area (Å²) in [4.78, 5) is 37.5. The molecule has 3 aromatic carbocycles. The first-order valence-corrected chi connectivity index (χ1v) is 15.6. The third kappa shape index (κ3) is 5.94. The molecule has 4 N–H and O–H groups in total. The molecular formula is C34H39ClN6O3. The number of H-pyrrole nitrogens is 1. The summed E-state index contributed by atoms with van der Waals surface area (Å²) in [7, 11) is 1.92. The number of amides is 3. The summed E-state index contributed by atoms with van der Waals surface area (Å²) in [5, 5.41) is 18.4. The second-order valence-electron chi connectivity index (χ2n) is 11.8. The number of carbonyl (C=O) groups excluding carboxylic acids is 2. The number of halogens is 1. The zero-order valence-electron chi connectivity index (χ0n) is 25.1. The van der Waals surface area contributed by atoms with E-state index in [9.17, 15) is 14.7 Å². The van der Waals surface area contributed by atoms with Crippen molar-refractivity contribution in [3.63, 3.8) is 0 Å². The zero-order valence-corrected chi connectivity index (χ0v) is 25.8. The van der Waals surface area contributed by atoms with Crippen LogP contribution in [0.4, 0.5) is 16.2 Å². The molecule has 0 radical (unpaired) electrons. The average molecular weight is 615 g/mol. The van der Waals surface area contributed by atoms with Gasteiger partial charge in [-0.25, -0.2) is 4.79 Å². The molecule has 4 aromatic rings. The number of hydrogen-bond donors (Lipinski definition) is 4. The van der Waals surface area contributed by atoms with Gasteiger partial charge in [0.15, 0.2) is 0 Å². The van der Waals surface area contributed by atoms with Crippen LogP contribution >= 0.6 is 11.6 Å². The average Bonchev–Trinajstić information content (AvgIpc) is 3.47. The quantitative estimate of drug-likeness (QED) is 0.236. The van der Waals surface area contributed by atoms with E-state index in [1.807, 2.05) is 79.7 Å². The fraction of sp³-hybridized carbons (Fsp3) is 0.353. The lowest BCUT2D eigenvalue weighted by atomic mass is 9.88. The van der Waals surface area contributed by atoms with Crippen molar-refractivity contribution >= 4 is 45.8 Å². The number of carbonyl (C=O) groups is 2. The van der Waals surface area contributed by atoms with E-state index < -0.39 is 6.04 Å². The Morgan fingerprint density at radius 1 is 1.02 bits per heavy atom. The molecule has 2 aliphatic heterocycles. The van der Waals surface area contributed by atoms with Crippen LogP contribution < -0.4 is 20.4 Å². The predicted molar refractivity (Wildman–Crippen MR) is 176 cm³/mol. The molecule has 3 heterocycles. The number of aromatic nitrogens is 1. The number of anilines is 2. The number of rotatable bonds is 7. The summed E-state index contributed by atoms with van der Waals surface area (Å²) < 4.78 is 0. The summed E-state index contributed by atoms with van der Waals surface area (Å²) in [5.74, 6) is -0.0284. The molecule has 1 fully saturated rings. The first-order valence-electron chi connectivity index (χ1n) is 15.2. The summed E-state index contributed by atoms with van der Waals surface area (Å²) >= 11 is 6.38. The van der Waals surface area contributed by atoms with Crippen LogP contribution in [-0.4, -0.2) is 79.3 Å². The van der Waals surface area contributed by atoms with E-state index in [0.29, 0.717) is 37.7 Å². The van der Waals surface area contributed by atoms with Crippen LogP contribution in [0.5, 0.6) is 5.75 Å². The van der Waals surface area contributed by atoms with Crippen molar-refractivity contribution in [2.45, 2.75) is 25.3 Å². The first-order chi connectivity index (χ1) is 21.3. The lowest BCUT2D eigenvalue weighted by molar-refractivity contribution is -0.121. The Morgan fingerprint density at radius 3 is 2.55 bits per heavy atom. The van der Waals surface area contributed by atoms with E-state index in [-0.39, 0.29) is 29.5 Å². The van der Waals surface area contributed by atoms with Crippen LogP contribution in [0, 0.1) is 5.92 Å². The smallest absolute Gasteiger partial charge is 0.318 e. The molecule has 3 atom stereocenters. The van der Waals surface area contributed by atoms with Crippen LogP contribution in [0.15, 0.2) is 72.9 Å². The molecule has 1 aromatic heterocycles. The minimum absolute atomic E-state index is 0.145. The number of aromatic amines is 1. The van der Waals surface area contributed by atoms with Crippen molar-refractivity contribution in [2.24, 2.45) is 5.92 Å². The number of piperazine rings is 1. The van der Waals surface area contributed by atoms with E-state index >= 15 is 0 Å². The van der Waals surface area contributed by atoms with Crippen molar-refractivity contribution in [2.75, 3.05) is 56.1 Å². The molecular weight excluding hydrogens is 576 g/mol. The maximum atomic E-state index is 14.7. The SMILES string of the molecule is CNC[C@H]1Cc2cc(Cl)ccc2N(C(=O)C(NC(=O)N2CCN(c3ccccc3O)CC2)C(C)c2c[nH]c3ccccc23)C1. The molecule has 1 saturated heterocycles. The maximum Gasteiger partial charge on any atom is 0.318 e. The van der Waals surface area contributed by atoms with Gasteiger partial charge in [-0.05, 0) is 73.5 Å². The van der Waals surface area contributed by atoms with Gasteiger partial charge in [-0.15, -0.1) is 0 Å². The third-order valence-electron chi connectivity index (χ3n) is 8.99. The Bertz CT molecular complexity index is 1650. The number of urea groups is 1. The molecule has 0 bridgehead atoms. The Hall–Kier alpha value is -4.21. The Kier molecular flexibility index (Phi) is 8.68. The monoisotopic (exact) mass is 614 g/mol. The standard InChI is InChI=1S/C34H39ClN6O3/c1-22(27-20-37-28-8-4-3-7-26(27)28)32(33(43)41-21-23(19-36-2)17-24-18-25(35)11-12-29(24)41)38-34(44)40-15-13-39(14-16-40)30-9-5-6-10-31(30)42/h3-12,18,20,22-23,32,36-37,42H,13-17,19,21H2,1-2H3,(H,38,44)/t22?,23-,32?/m1/s1. The number of phenols is 1. The Balaban J connectivity index is 1.28. The van der Waals surface area contributed by atoms with E-state index in [0.717, 1.165) is 46.4 Å².